The van der Waals surface area contributed by atoms with Gasteiger partial charge in [-0.1, -0.05) is 17.7 Å². The molecule has 0 fully saturated rings. The van der Waals surface area contributed by atoms with E-state index in [0.29, 0.717) is 13.0 Å². The van der Waals surface area contributed by atoms with Gasteiger partial charge in [0.2, 0.25) is 0 Å². The molecule has 3 N–H and O–H groups in total. The monoisotopic (exact) mass is 268 g/mol. The fraction of sp³-hybridized carbons (Fsp3) is 0.462. The van der Waals surface area contributed by atoms with E-state index in [9.17, 15) is 4.79 Å². The quantitative estimate of drug-likeness (QED) is 0.732. The molecule has 1 aromatic carbocycles. The van der Waals surface area contributed by atoms with Gasteiger partial charge in [0.05, 0.1) is 6.04 Å². The fourth-order valence-electron chi connectivity index (χ4n) is 2.23. The molecule has 1 aromatic rings. The molecule has 0 aromatic heterocycles. The summed E-state index contributed by atoms with van der Waals surface area (Å²) in [6.45, 7) is 0.577. The number of benzene rings is 1. The molecular formula is C13H17ClN2O2. The Morgan fingerprint density at radius 1 is 1.50 bits per heavy atom. The molecule has 0 heterocycles. The number of carbonyl (C=O) groups is 1. The minimum absolute atomic E-state index is 0.0615. The van der Waals surface area contributed by atoms with Crippen molar-refractivity contribution in [2.45, 2.75) is 25.3 Å². The summed E-state index contributed by atoms with van der Waals surface area (Å²) in [6, 6.07) is 5.66. The van der Waals surface area contributed by atoms with Crippen LogP contribution in [-0.2, 0) is 6.42 Å². The minimum Gasteiger partial charge on any atom is -0.396 e. The van der Waals surface area contributed by atoms with Crippen LogP contribution in [0.25, 0.3) is 0 Å². The van der Waals surface area contributed by atoms with Gasteiger partial charge in [0.1, 0.15) is 0 Å². The summed E-state index contributed by atoms with van der Waals surface area (Å²) in [4.78, 5) is 11.6. The molecule has 0 bridgehead atoms. The summed E-state index contributed by atoms with van der Waals surface area (Å²) < 4.78 is 0. The topological polar surface area (TPSA) is 61.4 Å². The van der Waals surface area contributed by atoms with E-state index < -0.39 is 0 Å². The van der Waals surface area contributed by atoms with Crippen molar-refractivity contribution in [3.8, 4) is 0 Å². The molecule has 1 atom stereocenters. The highest BCUT2D eigenvalue weighted by molar-refractivity contribution is 6.30. The maximum atomic E-state index is 11.6. The highest BCUT2D eigenvalue weighted by Crippen LogP contribution is 2.32. The predicted molar refractivity (Wildman–Crippen MR) is 70.8 cm³/mol. The van der Waals surface area contributed by atoms with Crippen molar-refractivity contribution in [3.63, 3.8) is 0 Å². The third kappa shape index (κ3) is 3.15. The van der Waals surface area contributed by atoms with Gasteiger partial charge >= 0.3 is 6.03 Å². The number of aryl methyl sites for hydroxylation is 1. The molecule has 2 rings (SSSR count). The molecule has 0 aliphatic heterocycles. The van der Waals surface area contributed by atoms with Crippen molar-refractivity contribution in [1.29, 1.82) is 0 Å². The number of aliphatic hydroxyl groups excluding tert-OH is 1. The number of carbonyl (C=O) groups excluding carboxylic acids is 1. The second-order valence-electron chi connectivity index (χ2n) is 4.41. The lowest BCUT2D eigenvalue weighted by molar-refractivity contribution is 0.234. The van der Waals surface area contributed by atoms with Crippen LogP contribution in [0.1, 0.15) is 30.0 Å². The van der Waals surface area contributed by atoms with Crippen LogP contribution in [0, 0.1) is 0 Å². The number of hydrogen-bond acceptors (Lipinski definition) is 2. The van der Waals surface area contributed by atoms with Crippen molar-refractivity contribution in [1.82, 2.24) is 10.6 Å². The molecule has 5 heteroatoms. The molecule has 1 aliphatic rings. The molecule has 0 spiro atoms. The van der Waals surface area contributed by atoms with Gasteiger partial charge < -0.3 is 15.7 Å². The number of amides is 2. The second-order valence-corrected chi connectivity index (χ2v) is 4.85. The van der Waals surface area contributed by atoms with Crippen LogP contribution in [0.5, 0.6) is 0 Å². The van der Waals surface area contributed by atoms with Crippen molar-refractivity contribution in [3.05, 3.63) is 34.3 Å². The highest BCUT2D eigenvalue weighted by Gasteiger charge is 2.23. The van der Waals surface area contributed by atoms with Gasteiger partial charge in [-0.2, -0.15) is 0 Å². The smallest absolute Gasteiger partial charge is 0.315 e. The zero-order valence-electron chi connectivity index (χ0n) is 10.1. The van der Waals surface area contributed by atoms with Crippen molar-refractivity contribution >= 4 is 17.6 Å². The van der Waals surface area contributed by atoms with Gasteiger partial charge in [0.25, 0.3) is 0 Å². The van der Waals surface area contributed by atoms with Gasteiger partial charge in [-0.3, -0.25) is 0 Å². The van der Waals surface area contributed by atoms with Gasteiger partial charge in [-0.05, 0) is 42.5 Å². The van der Waals surface area contributed by atoms with Crippen LogP contribution in [0.3, 0.4) is 0 Å². The first-order valence-electron chi connectivity index (χ1n) is 6.14. The zero-order chi connectivity index (χ0) is 13.0. The summed E-state index contributed by atoms with van der Waals surface area (Å²) in [6.07, 6.45) is 2.42. The Labute approximate surface area is 111 Å². The van der Waals surface area contributed by atoms with E-state index in [1.165, 1.54) is 5.56 Å². The average molecular weight is 269 g/mol. The SMILES string of the molecule is O=C(NCCCO)NC1CCc2cc(Cl)ccc21. The molecule has 18 heavy (non-hydrogen) atoms. The van der Waals surface area contributed by atoms with Gasteiger partial charge in [-0.25, -0.2) is 4.79 Å². The van der Waals surface area contributed by atoms with E-state index >= 15 is 0 Å². The van der Waals surface area contributed by atoms with Crippen molar-refractivity contribution in [2.75, 3.05) is 13.2 Å². The number of hydrogen-bond donors (Lipinski definition) is 3. The first-order chi connectivity index (χ1) is 8.70. The van der Waals surface area contributed by atoms with E-state index in [1.54, 1.807) is 0 Å². The Kier molecular flexibility index (Phi) is 4.44. The minimum atomic E-state index is -0.184. The van der Waals surface area contributed by atoms with Crippen LogP contribution in [-0.4, -0.2) is 24.3 Å². The summed E-state index contributed by atoms with van der Waals surface area (Å²) in [5.74, 6) is 0. The normalized spacial score (nSPS) is 17.3. The summed E-state index contributed by atoms with van der Waals surface area (Å²) in [5, 5.41) is 15.0. The molecule has 0 radical (unpaired) electrons. The Hall–Kier alpha value is -1.26. The van der Waals surface area contributed by atoms with Crippen LogP contribution >= 0.6 is 11.6 Å². The van der Waals surface area contributed by atoms with E-state index in [1.807, 2.05) is 18.2 Å². The largest absolute Gasteiger partial charge is 0.396 e. The second kappa shape index (κ2) is 6.07. The van der Waals surface area contributed by atoms with Crippen molar-refractivity contribution in [2.24, 2.45) is 0 Å². The molecule has 98 valence electrons. The Balaban J connectivity index is 1.91. The standard InChI is InChI=1S/C13H17ClN2O2/c14-10-3-4-11-9(8-10)2-5-12(11)16-13(18)15-6-1-7-17/h3-4,8,12,17H,1-2,5-7H2,(H2,15,16,18). The first kappa shape index (κ1) is 13.2. The molecule has 0 saturated carbocycles. The Morgan fingerprint density at radius 3 is 3.11 bits per heavy atom. The number of rotatable bonds is 4. The Morgan fingerprint density at radius 2 is 2.33 bits per heavy atom. The maximum absolute atomic E-state index is 11.6. The summed E-state index contributed by atoms with van der Waals surface area (Å²) >= 11 is 5.94. The molecule has 0 saturated heterocycles. The predicted octanol–water partition coefficient (Wildman–Crippen LogP) is 2.01. The number of nitrogens with one attached hydrogen (secondary N) is 2. The number of halogens is 1. The van der Waals surface area contributed by atoms with Crippen LogP contribution in [0.4, 0.5) is 4.79 Å². The third-order valence-corrected chi connectivity index (χ3v) is 3.34. The summed E-state index contributed by atoms with van der Waals surface area (Å²) in [5.41, 5.74) is 2.36. The highest BCUT2D eigenvalue weighted by atomic mass is 35.5. The lowest BCUT2D eigenvalue weighted by Crippen LogP contribution is -2.38. The van der Waals surface area contributed by atoms with E-state index in [0.717, 1.165) is 23.4 Å². The van der Waals surface area contributed by atoms with Crippen molar-refractivity contribution < 1.29 is 9.90 Å². The molecule has 2 amide bonds. The van der Waals surface area contributed by atoms with Crippen LogP contribution < -0.4 is 10.6 Å². The molecule has 1 aliphatic carbocycles. The lowest BCUT2D eigenvalue weighted by atomic mass is 10.1. The first-order valence-corrected chi connectivity index (χ1v) is 6.52. The van der Waals surface area contributed by atoms with E-state index in [-0.39, 0.29) is 18.7 Å². The molecular weight excluding hydrogens is 252 g/mol. The third-order valence-electron chi connectivity index (χ3n) is 3.11. The van der Waals surface area contributed by atoms with E-state index in [4.69, 9.17) is 16.7 Å². The fourth-order valence-corrected chi connectivity index (χ4v) is 2.42. The Bertz CT molecular complexity index is 437. The van der Waals surface area contributed by atoms with E-state index in [2.05, 4.69) is 10.6 Å². The zero-order valence-corrected chi connectivity index (χ0v) is 10.8. The van der Waals surface area contributed by atoms with Crippen LogP contribution in [0.2, 0.25) is 5.02 Å². The average Bonchev–Trinajstić information content (AvgIpc) is 2.72. The number of fused-ring (bicyclic) bond motifs is 1. The van der Waals surface area contributed by atoms with Crippen LogP contribution in [0.15, 0.2) is 18.2 Å². The maximum Gasteiger partial charge on any atom is 0.315 e. The lowest BCUT2D eigenvalue weighted by Gasteiger charge is -2.14. The number of urea groups is 1. The van der Waals surface area contributed by atoms with Gasteiger partial charge in [-0.15, -0.1) is 0 Å². The van der Waals surface area contributed by atoms with Gasteiger partial charge in [0.15, 0.2) is 0 Å². The molecule has 1 unspecified atom stereocenters. The molecule has 4 nitrogen and oxygen atoms in total. The summed E-state index contributed by atoms with van der Waals surface area (Å²) in [7, 11) is 0. The number of aliphatic hydroxyl groups is 1. The van der Waals surface area contributed by atoms with Gasteiger partial charge in [0, 0.05) is 18.2 Å².